The Morgan fingerprint density at radius 3 is 2.70 bits per heavy atom. The molecule has 0 spiro atoms. The van der Waals surface area contributed by atoms with Gasteiger partial charge in [-0.25, -0.2) is 9.48 Å². The summed E-state index contributed by atoms with van der Waals surface area (Å²) in [5, 5.41) is 7.56. The third-order valence-electron chi connectivity index (χ3n) is 5.60. The topological polar surface area (TPSA) is 62.6 Å². The molecule has 144 valence electrons. The highest BCUT2D eigenvalue weighted by Crippen LogP contribution is 2.26. The molecule has 0 radical (unpaired) electrons. The largest absolute Gasteiger partial charge is 0.379 e. The fraction of sp³-hybridized carbons (Fsp3) is 0.500. The van der Waals surface area contributed by atoms with E-state index in [-0.39, 0.29) is 12.1 Å². The Bertz CT molecular complexity index is 799. The Hall–Kier alpha value is -2.38. The van der Waals surface area contributed by atoms with Crippen LogP contribution in [0.25, 0.3) is 5.69 Å². The van der Waals surface area contributed by atoms with E-state index in [2.05, 4.69) is 22.2 Å². The molecule has 2 amide bonds. The van der Waals surface area contributed by atoms with Gasteiger partial charge in [0.2, 0.25) is 0 Å². The second-order valence-corrected chi connectivity index (χ2v) is 7.29. The van der Waals surface area contributed by atoms with Crippen LogP contribution in [0.3, 0.4) is 0 Å². The number of likely N-dealkylation sites (tertiary alicyclic amines) is 1. The zero-order valence-electron chi connectivity index (χ0n) is 16.0. The van der Waals surface area contributed by atoms with Gasteiger partial charge in [-0.15, -0.1) is 0 Å². The summed E-state index contributed by atoms with van der Waals surface area (Å²) in [5.74, 6) is 0. The van der Waals surface area contributed by atoms with Crippen molar-refractivity contribution in [2.24, 2.45) is 0 Å². The number of ether oxygens (including phenoxy) is 1. The normalized spacial score (nSPS) is 23.6. The third-order valence-corrected chi connectivity index (χ3v) is 5.60. The average molecular weight is 369 g/mol. The van der Waals surface area contributed by atoms with Gasteiger partial charge in [0.15, 0.2) is 0 Å². The van der Waals surface area contributed by atoms with Crippen molar-refractivity contribution in [2.45, 2.75) is 32.4 Å². The quantitative estimate of drug-likeness (QED) is 0.903. The third kappa shape index (κ3) is 3.70. The Morgan fingerprint density at radius 1 is 1.19 bits per heavy atom. The van der Waals surface area contributed by atoms with Gasteiger partial charge in [-0.05, 0) is 38.5 Å². The van der Waals surface area contributed by atoms with Gasteiger partial charge in [0.25, 0.3) is 0 Å². The van der Waals surface area contributed by atoms with Crippen LogP contribution in [0.5, 0.6) is 0 Å². The number of aromatic nitrogens is 2. The highest BCUT2D eigenvalue weighted by molar-refractivity contribution is 5.92. The lowest BCUT2D eigenvalue weighted by Gasteiger charge is -2.35. The summed E-state index contributed by atoms with van der Waals surface area (Å²) in [5.41, 5.74) is 2.58. The van der Waals surface area contributed by atoms with E-state index in [1.807, 2.05) is 48.4 Å². The van der Waals surface area contributed by atoms with Crippen molar-refractivity contribution in [1.29, 1.82) is 0 Å². The van der Waals surface area contributed by atoms with E-state index < -0.39 is 0 Å². The molecule has 2 aliphatic heterocycles. The molecule has 0 bridgehead atoms. The molecule has 4 rings (SSSR count). The van der Waals surface area contributed by atoms with Gasteiger partial charge in [0.05, 0.1) is 30.3 Å². The lowest BCUT2D eigenvalue weighted by atomic mass is 10.1. The molecule has 3 heterocycles. The molecule has 1 aromatic heterocycles. The van der Waals surface area contributed by atoms with Gasteiger partial charge in [-0.2, -0.15) is 5.10 Å². The predicted molar refractivity (Wildman–Crippen MR) is 104 cm³/mol. The summed E-state index contributed by atoms with van der Waals surface area (Å²) < 4.78 is 7.26. The number of amides is 2. The smallest absolute Gasteiger partial charge is 0.322 e. The number of carbonyl (C=O) groups excluding carboxylic acids is 1. The van der Waals surface area contributed by atoms with E-state index in [9.17, 15) is 4.79 Å². The number of hydrogen-bond acceptors (Lipinski definition) is 4. The van der Waals surface area contributed by atoms with Crippen molar-refractivity contribution in [3.63, 3.8) is 0 Å². The Balaban J connectivity index is 1.47. The van der Waals surface area contributed by atoms with Crippen molar-refractivity contribution in [3.05, 3.63) is 42.2 Å². The minimum absolute atomic E-state index is 0.0467. The number of aryl methyl sites for hydroxylation is 1. The molecule has 0 aliphatic carbocycles. The molecule has 7 nitrogen and oxygen atoms in total. The Labute approximate surface area is 159 Å². The zero-order valence-corrected chi connectivity index (χ0v) is 16.0. The number of nitrogens with one attached hydrogen (secondary N) is 1. The summed E-state index contributed by atoms with van der Waals surface area (Å²) in [4.78, 5) is 17.4. The predicted octanol–water partition coefficient (Wildman–Crippen LogP) is 2.51. The van der Waals surface area contributed by atoms with Gasteiger partial charge in [-0.1, -0.05) is 12.1 Å². The molecular weight excluding hydrogens is 342 g/mol. The van der Waals surface area contributed by atoms with Crippen LogP contribution in [0.4, 0.5) is 10.5 Å². The first-order valence-electron chi connectivity index (χ1n) is 9.64. The van der Waals surface area contributed by atoms with Gasteiger partial charge in [0.1, 0.15) is 0 Å². The molecule has 0 unspecified atom stereocenters. The van der Waals surface area contributed by atoms with Crippen LogP contribution in [-0.2, 0) is 4.74 Å². The molecule has 2 fully saturated rings. The second kappa shape index (κ2) is 7.70. The molecule has 27 heavy (non-hydrogen) atoms. The first kappa shape index (κ1) is 18.0. The van der Waals surface area contributed by atoms with Gasteiger partial charge < -0.3 is 15.0 Å². The minimum Gasteiger partial charge on any atom is -0.379 e. The molecule has 1 aromatic carbocycles. The van der Waals surface area contributed by atoms with Crippen molar-refractivity contribution in [1.82, 2.24) is 19.6 Å². The van der Waals surface area contributed by atoms with E-state index in [1.165, 1.54) is 0 Å². The summed E-state index contributed by atoms with van der Waals surface area (Å²) in [6, 6.07) is 10.3. The SMILES string of the molecule is Cc1ccn(-c2ccccc2NC(=O)N2CC[C@@H](N3CCOCC3)[C@H]2C)n1. The molecule has 1 N–H and O–H groups in total. The number of carbonyl (C=O) groups is 1. The highest BCUT2D eigenvalue weighted by atomic mass is 16.5. The van der Waals surface area contributed by atoms with Crippen molar-refractivity contribution in [3.8, 4) is 5.69 Å². The maximum atomic E-state index is 13.0. The zero-order chi connectivity index (χ0) is 18.8. The number of nitrogens with zero attached hydrogens (tertiary/aromatic N) is 4. The summed E-state index contributed by atoms with van der Waals surface area (Å²) >= 11 is 0. The van der Waals surface area contributed by atoms with Crippen molar-refractivity contribution < 1.29 is 9.53 Å². The maximum Gasteiger partial charge on any atom is 0.322 e. The number of para-hydroxylation sites is 2. The van der Waals surface area contributed by atoms with Crippen LogP contribution >= 0.6 is 0 Å². The number of rotatable bonds is 3. The Kier molecular flexibility index (Phi) is 5.13. The summed E-state index contributed by atoms with van der Waals surface area (Å²) in [7, 11) is 0. The summed E-state index contributed by atoms with van der Waals surface area (Å²) in [6.07, 6.45) is 2.92. The Morgan fingerprint density at radius 2 is 1.96 bits per heavy atom. The monoisotopic (exact) mass is 369 g/mol. The van der Waals surface area contributed by atoms with Crippen LogP contribution in [0.15, 0.2) is 36.5 Å². The average Bonchev–Trinajstić information content (AvgIpc) is 3.28. The van der Waals surface area contributed by atoms with E-state index in [1.54, 1.807) is 4.68 Å². The maximum absolute atomic E-state index is 13.0. The van der Waals surface area contributed by atoms with E-state index >= 15 is 0 Å². The first-order chi connectivity index (χ1) is 13.1. The summed E-state index contributed by atoms with van der Waals surface area (Å²) in [6.45, 7) is 8.35. The number of urea groups is 1. The fourth-order valence-corrected chi connectivity index (χ4v) is 4.12. The number of morpholine rings is 1. The van der Waals surface area contributed by atoms with Crippen LogP contribution in [0.2, 0.25) is 0 Å². The van der Waals surface area contributed by atoms with E-state index in [4.69, 9.17) is 4.74 Å². The molecule has 0 saturated carbocycles. The first-order valence-corrected chi connectivity index (χ1v) is 9.64. The number of hydrogen-bond donors (Lipinski definition) is 1. The standard InChI is InChI=1S/C20H27N5O2/c1-15-7-10-25(22-15)19-6-4-3-5-17(19)21-20(26)24-9-8-18(16(24)2)23-11-13-27-14-12-23/h3-7,10,16,18H,8-9,11-14H2,1-2H3,(H,21,26)/t16-,18-/m1/s1. The minimum atomic E-state index is -0.0467. The van der Waals surface area contributed by atoms with E-state index in [0.717, 1.165) is 56.3 Å². The molecule has 2 saturated heterocycles. The number of benzene rings is 1. The molecule has 2 aromatic rings. The molecule has 7 heteroatoms. The lowest BCUT2D eigenvalue weighted by Crippen LogP contribution is -2.50. The lowest BCUT2D eigenvalue weighted by molar-refractivity contribution is 0.0120. The van der Waals surface area contributed by atoms with Gasteiger partial charge >= 0.3 is 6.03 Å². The van der Waals surface area contributed by atoms with Crippen LogP contribution in [0.1, 0.15) is 19.0 Å². The van der Waals surface area contributed by atoms with Crippen molar-refractivity contribution in [2.75, 3.05) is 38.2 Å². The van der Waals surface area contributed by atoms with Gasteiger partial charge in [-0.3, -0.25) is 4.90 Å². The van der Waals surface area contributed by atoms with E-state index in [0.29, 0.717) is 6.04 Å². The fourth-order valence-electron chi connectivity index (χ4n) is 4.12. The molecule has 2 atom stereocenters. The molecule has 2 aliphatic rings. The highest BCUT2D eigenvalue weighted by Gasteiger charge is 2.37. The second-order valence-electron chi connectivity index (χ2n) is 7.29. The molecular formula is C20H27N5O2. The van der Waals surface area contributed by atoms with Crippen molar-refractivity contribution >= 4 is 11.7 Å². The van der Waals surface area contributed by atoms with Crippen LogP contribution in [0, 0.1) is 6.92 Å². The van der Waals surface area contributed by atoms with Gasteiger partial charge in [0, 0.05) is 37.9 Å². The van der Waals surface area contributed by atoms with Crippen LogP contribution in [-0.4, -0.2) is 70.5 Å². The number of anilines is 1. The van der Waals surface area contributed by atoms with Crippen LogP contribution < -0.4 is 5.32 Å².